The first kappa shape index (κ1) is 20.6. The molecule has 0 unspecified atom stereocenters. The van der Waals surface area contributed by atoms with E-state index in [1.807, 2.05) is 61.7 Å². The topological polar surface area (TPSA) is 128 Å². The number of aromatic nitrogens is 8. The molecule has 0 radical (unpaired) electrons. The second-order valence-electron chi connectivity index (χ2n) is 7.93. The standard InChI is InChI=1S/C23H22N8O2/c1-13(2)33-23-19-20(22(32)27-28-23)31(14(3)24-19)12-15-8-10-16(11-9-15)17-6-4-5-7-18(17)21-25-29-30-26-21/h4-11,13H,12H2,1-3H3,(H,27,32)(H,25,26,29,30). The number of imidazole rings is 1. The molecular formula is C23H22N8O2. The van der Waals surface area contributed by atoms with Gasteiger partial charge in [-0.05, 0) is 47.9 Å². The highest BCUT2D eigenvalue weighted by molar-refractivity contribution is 5.85. The summed E-state index contributed by atoms with van der Waals surface area (Å²) >= 11 is 0. The van der Waals surface area contributed by atoms with Crippen molar-refractivity contribution in [2.24, 2.45) is 0 Å². The van der Waals surface area contributed by atoms with Crippen molar-refractivity contribution in [2.75, 3.05) is 0 Å². The van der Waals surface area contributed by atoms with Crippen molar-refractivity contribution in [3.05, 3.63) is 59.9 Å². The van der Waals surface area contributed by atoms with Crippen LogP contribution in [0.2, 0.25) is 0 Å². The molecule has 5 rings (SSSR count). The van der Waals surface area contributed by atoms with Crippen LogP contribution in [0.4, 0.5) is 0 Å². The van der Waals surface area contributed by atoms with E-state index in [0.29, 0.717) is 29.3 Å². The number of hydrogen-bond acceptors (Lipinski definition) is 8. The van der Waals surface area contributed by atoms with Crippen molar-refractivity contribution in [1.82, 2.24) is 40.4 Å². The Kier molecular flexibility index (Phi) is 5.17. The number of aromatic amines is 1. The maximum Gasteiger partial charge on any atom is 0.262 e. The third-order valence-corrected chi connectivity index (χ3v) is 5.29. The number of nitrogens with one attached hydrogen (secondary N) is 1. The summed E-state index contributed by atoms with van der Waals surface area (Å²) in [7, 11) is 0. The van der Waals surface area contributed by atoms with Gasteiger partial charge in [-0.3, -0.25) is 0 Å². The lowest BCUT2D eigenvalue weighted by Gasteiger charge is -2.11. The van der Waals surface area contributed by atoms with Gasteiger partial charge in [0.25, 0.3) is 11.8 Å². The van der Waals surface area contributed by atoms with Crippen LogP contribution in [0.1, 0.15) is 25.2 Å². The first-order valence-corrected chi connectivity index (χ1v) is 10.5. The lowest BCUT2D eigenvalue weighted by atomic mass is 9.98. The number of rotatable bonds is 6. The van der Waals surface area contributed by atoms with Gasteiger partial charge in [-0.1, -0.05) is 48.5 Å². The Morgan fingerprint density at radius 1 is 1.00 bits per heavy atom. The van der Waals surface area contributed by atoms with Gasteiger partial charge in [-0.25, -0.2) is 10.1 Å². The summed E-state index contributed by atoms with van der Waals surface area (Å²) in [6, 6.07) is 16.2. The first-order valence-electron chi connectivity index (χ1n) is 10.5. The van der Waals surface area contributed by atoms with E-state index in [9.17, 15) is 5.11 Å². The fourth-order valence-corrected chi connectivity index (χ4v) is 3.81. The minimum Gasteiger partial charge on any atom is -0.491 e. The minimum absolute atomic E-state index is 0.0827. The largest absolute Gasteiger partial charge is 0.491 e. The predicted octanol–water partition coefficient (Wildman–Crippen LogP) is 3.52. The van der Waals surface area contributed by atoms with Crippen LogP contribution in [-0.2, 0) is 6.54 Å². The zero-order valence-electron chi connectivity index (χ0n) is 18.4. The molecule has 10 nitrogen and oxygen atoms in total. The number of nitrogens with zero attached hydrogens (tertiary/aromatic N) is 7. The molecule has 0 bridgehead atoms. The van der Waals surface area contributed by atoms with Crippen molar-refractivity contribution >= 4 is 11.0 Å². The summed E-state index contributed by atoms with van der Waals surface area (Å²) in [6.45, 7) is 6.21. The number of benzene rings is 2. The molecule has 2 aromatic carbocycles. The van der Waals surface area contributed by atoms with Crippen molar-refractivity contribution in [1.29, 1.82) is 0 Å². The molecule has 0 amide bonds. The van der Waals surface area contributed by atoms with Crippen molar-refractivity contribution in [3.63, 3.8) is 0 Å². The van der Waals surface area contributed by atoms with E-state index in [1.165, 1.54) is 0 Å². The lowest BCUT2D eigenvalue weighted by molar-refractivity contribution is 0.232. The average Bonchev–Trinajstić information content (AvgIpc) is 3.45. The maximum absolute atomic E-state index is 10.4. The number of fused-ring (bicyclic) bond motifs is 1. The molecule has 3 aromatic heterocycles. The lowest BCUT2D eigenvalue weighted by Crippen LogP contribution is -2.08. The fourth-order valence-electron chi connectivity index (χ4n) is 3.81. The highest BCUT2D eigenvalue weighted by Gasteiger charge is 2.19. The number of aromatic hydroxyl groups is 1. The number of tetrazole rings is 1. The summed E-state index contributed by atoms with van der Waals surface area (Å²) < 4.78 is 7.64. The van der Waals surface area contributed by atoms with Crippen LogP contribution in [0.5, 0.6) is 11.8 Å². The van der Waals surface area contributed by atoms with Crippen LogP contribution < -0.4 is 4.74 Å². The number of ether oxygens (including phenoxy) is 1. The second kappa shape index (κ2) is 8.30. The zero-order chi connectivity index (χ0) is 22.9. The number of H-pyrrole nitrogens is 1. The summed E-state index contributed by atoms with van der Waals surface area (Å²) in [4.78, 5) is 4.58. The van der Waals surface area contributed by atoms with E-state index in [0.717, 1.165) is 28.1 Å². The Balaban J connectivity index is 1.48. The van der Waals surface area contributed by atoms with Crippen LogP contribution in [-0.4, -0.2) is 51.6 Å². The third-order valence-electron chi connectivity index (χ3n) is 5.29. The fraction of sp³-hybridized carbons (Fsp3) is 0.217. The molecule has 0 aliphatic rings. The molecule has 0 saturated carbocycles. The zero-order valence-corrected chi connectivity index (χ0v) is 18.4. The SMILES string of the molecule is Cc1nc2c(OC(C)C)nnc(O)c2n1Cc1ccc(-c2ccccc2-c2nnn[nH]2)cc1. The van der Waals surface area contributed by atoms with E-state index in [1.54, 1.807) is 0 Å². The number of aryl methyl sites for hydroxylation is 1. The van der Waals surface area contributed by atoms with Crippen molar-refractivity contribution in [3.8, 4) is 34.3 Å². The summed E-state index contributed by atoms with van der Waals surface area (Å²) in [5, 5.41) is 32.5. The molecule has 33 heavy (non-hydrogen) atoms. The molecule has 0 fully saturated rings. The molecule has 0 spiro atoms. The van der Waals surface area contributed by atoms with Crippen LogP contribution >= 0.6 is 0 Å². The van der Waals surface area contributed by atoms with Crippen LogP contribution in [0, 0.1) is 6.92 Å². The number of hydrogen-bond donors (Lipinski definition) is 2. The molecule has 2 N–H and O–H groups in total. The highest BCUT2D eigenvalue weighted by Crippen LogP contribution is 2.32. The summed E-state index contributed by atoms with van der Waals surface area (Å²) in [6.07, 6.45) is -0.0827. The van der Waals surface area contributed by atoms with E-state index in [-0.39, 0.29) is 12.0 Å². The van der Waals surface area contributed by atoms with E-state index < -0.39 is 0 Å². The second-order valence-corrected chi connectivity index (χ2v) is 7.93. The van der Waals surface area contributed by atoms with E-state index >= 15 is 0 Å². The smallest absolute Gasteiger partial charge is 0.262 e. The monoisotopic (exact) mass is 442 g/mol. The Morgan fingerprint density at radius 2 is 1.76 bits per heavy atom. The Morgan fingerprint density at radius 3 is 2.45 bits per heavy atom. The van der Waals surface area contributed by atoms with E-state index in [4.69, 9.17) is 4.74 Å². The average molecular weight is 442 g/mol. The first-order chi connectivity index (χ1) is 16.0. The maximum atomic E-state index is 10.4. The van der Waals surface area contributed by atoms with Crippen molar-refractivity contribution in [2.45, 2.75) is 33.4 Å². The Bertz CT molecular complexity index is 1410. The van der Waals surface area contributed by atoms with Gasteiger partial charge in [0.2, 0.25) is 0 Å². The molecule has 166 valence electrons. The highest BCUT2D eigenvalue weighted by atomic mass is 16.5. The van der Waals surface area contributed by atoms with Gasteiger partial charge in [-0.2, -0.15) is 0 Å². The summed E-state index contributed by atoms with van der Waals surface area (Å²) in [5.41, 5.74) is 5.04. The molecule has 5 aromatic rings. The molecule has 0 aliphatic heterocycles. The molecule has 0 aliphatic carbocycles. The van der Waals surface area contributed by atoms with Gasteiger partial charge < -0.3 is 14.4 Å². The van der Waals surface area contributed by atoms with Crippen molar-refractivity contribution < 1.29 is 9.84 Å². The summed E-state index contributed by atoms with van der Waals surface area (Å²) in [5.74, 6) is 1.49. The minimum atomic E-state index is -0.173. The van der Waals surface area contributed by atoms with Gasteiger partial charge >= 0.3 is 0 Å². The Hall–Kier alpha value is -4.34. The van der Waals surface area contributed by atoms with Gasteiger partial charge in [-0.15, -0.1) is 15.3 Å². The van der Waals surface area contributed by atoms with Gasteiger partial charge in [0, 0.05) is 12.1 Å². The predicted molar refractivity (Wildman–Crippen MR) is 122 cm³/mol. The molecule has 0 saturated heterocycles. The van der Waals surface area contributed by atoms with Gasteiger partial charge in [0.15, 0.2) is 11.3 Å². The Labute approximate surface area is 189 Å². The van der Waals surface area contributed by atoms with Gasteiger partial charge in [0.05, 0.1) is 6.10 Å². The van der Waals surface area contributed by atoms with Crippen LogP contribution in [0.15, 0.2) is 48.5 Å². The third kappa shape index (κ3) is 3.86. The van der Waals surface area contributed by atoms with Crippen LogP contribution in [0.25, 0.3) is 33.5 Å². The molecule has 3 heterocycles. The van der Waals surface area contributed by atoms with E-state index in [2.05, 4.69) is 47.9 Å². The van der Waals surface area contributed by atoms with Gasteiger partial charge in [0.1, 0.15) is 11.3 Å². The quantitative estimate of drug-likeness (QED) is 0.409. The van der Waals surface area contributed by atoms with Crippen LogP contribution in [0.3, 0.4) is 0 Å². The molecule has 10 heteroatoms. The molecule has 0 atom stereocenters. The normalized spacial score (nSPS) is 11.4. The molecular weight excluding hydrogens is 420 g/mol.